The molecule has 3 rings (SSSR count). The maximum atomic E-state index is 12.5. The minimum atomic E-state index is -1.27. The van der Waals surface area contributed by atoms with Gasteiger partial charge in [-0.2, -0.15) is 4.98 Å². The lowest BCUT2D eigenvalue weighted by molar-refractivity contribution is -0.145. The molecule has 1 amide bonds. The van der Waals surface area contributed by atoms with Crippen molar-refractivity contribution >= 4 is 35.0 Å². The second-order valence-corrected chi connectivity index (χ2v) is 7.92. The Morgan fingerprint density at radius 1 is 1.21 bits per heavy atom. The van der Waals surface area contributed by atoms with E-state index < -0.39 is 41.3 Å². The molecular formula is C20H25N7O6. The molecule has 33 heavy (non-hydrogen) atoms. The SMILES string of the molecule is CC(CC(NC(=O)C1C=CC(NCc2cnc3nc(N)[nH]c(=O)c3n2)CC1)C(=O)O)C(=O)O. The van der Waals surface area contributed by atoms with Crippen LogP contribution in [-0.4, -0.2) is 60.1 Å². The first kappa shape index (κ1) is 23.8. The van der Waals surface area contributed by atoms with Crippen molar-refractivity contribution in [3.8, 4) is 0 Å². The minimum absolute atomic E-state index is 0.0373. The second kappa shape index (κ2) is 10.2. The molecule has 4 atom stereocenters. The van der Waals surface area contributed by atoms with Crippen molar-refractivity contribution in [2.75, 3.05) is 5.73 Å². The van der Waals surface area contributed by atoms with Crippen molar-refractivity contribution in [1.82, 2.24) is 30.6 Å². The first-order chi connectivity index (χ1) is 15.6. The number of rotatable bonds is 9. The van der Waals surface area contributed by atoms with E-state index >= 15 is 0 Å². The number of anilines is 1. The number of hydrogen-bond acceptors (Lipinski definition) is 9. The number of fused-ring (bicyclic) bond motifs is 1. The Morgan fingerprint density at radius 3 is 2.61 bits per heavy atom. The molecule has 0 radical (unpaired) electrons. The molecule has 0 saturated heterocycles. The van der Waals surface area contributed by atoms with Crippen LogP contribution in [0.15, 0.2) is 23.1 Å². The number of aromatic nitrogens is 4. The third kappa shape index (κ3) is 6.10. The highest BCUT2D eigenvalue weighted by atomic mass is 16.4. The standard InChI is InChI=1S/C20H25N7O6/c1-9(18(30)31)6-13(19(32)33)25-16(28)10-2-4-11(5-3-10)22-7-12-8-23-15-14(24-12)17(29)27-20(21)26-15/h2,4,8-11,13,22H,3,5-7H2,1H3,(H,25,28)(H,30,31)(H,32,33)(H3,21,23,26,27,29). The average Bonchev–Trinajstić information content (AvgIpc) is 2.77. The van der Waals surface area contributed by atoms with Crippen molar-refractivity contribution < 1.29 is 24.6 Å². The maximum Gasteiger partial charge on any atom is 0.326 e. The molecule has 0 spiro atoms. The van der Waals surface area contributed by atoms with E-state index in [1.165, 1.54) is 13.1 Å². The van der Waals surface area contributed by atoms with Gasteiger partial charge in [0, 0.05) is 12.6 Å². The predicted molar refractivity (Wildman–Crippen MR) is 116 cm³/mol. The molecule has 1 aliphatic rings. The monoisotopic (exact) mass is 459 g/mol. The first-order valence-corrected chi connectivity index (χ1v) is 10.3. The number of H-pyrrole nitrogens is 1. The largest absolute Gasteiger partial charge is 0.481 e. The molecule has 2 aromatic heterocycles. The highest BCUT2D eigenvalue weighted by Gasteiger charge is 2.29. The number of amides is 1. The van der Waals surface area contributed by atoms with Crippen molar-refractivity contribution in [3.05, 3.63) is 34.4 Å². The van der Waals surface area contributed by atoms with Crippen LogP contribution in [0.5, 0.6) is 0 Å². The summed E-state index contributed by atoms with van der Waals surface area (Å²) in [4.78, 5) is 61.5. The fourth-order valence-corrected chi connectivity index (χ4v) is 3.45. The van der Waals surface area contributed by atoms with Gasteiger partial charge in [0.1, 0.15) is 6.04 Å². The number of nitrogen functional groups attached to an aromatic ring is 1. The zero-order valence-electron chi connectivity index (χ0n) is 17.8. The summed E-state index contributed by atoms with van der Waals surface area (Å²) in [6, 6.07) is -1.33. The molecule has 4 unspecified atom stereocenters. The lowest BCUT2D eigenvalue weighted by Crippen LogP contribution is -2.45. The quantitative estimate of drug-likeness (QED) is 0.260. The molecule has 1 aliphatic carbocycles. The Hall–Kier alpha value is -3.87. The Morgan fingerprint density at radius 2 is 1.97 bits per heavy atom. The molecule has 176 valence electrons. The number of carboxylic acids is 2. The summed E-state index contributed by atoms with van der Waals surface area (Å²) in [5.41, 5.74) is 5.79. The van der Waals surface area contributed by atoms with Gasteiger partial charge in [-0.05, 0) is 19.3 Å². The van der Waals surface area contributed by atoms with Gasteiger partial charge >= 0.3 is 11.9 Å². The smallest absolute Gasteiger partial charge is 0.326 e. The Balaban J connectivity index is 1.55. The van der Waals surface area contributed by atoms with Gasteiger partial charge in [0.05, 0.1) is 23.7 Å². The summed E-state index contributed by atoms with van der Waals surface area (Å²) in [7, 11) is 0. The van der Waals surface area contributed by atoms with Gasteiger partial charge in [-0.1, -0.05) is 19.1 Å². The Bertz CT molecular complexity index is 1150. The normalized spacial score (nSPS) is 19.7. The molecule has 7 N–H and O–H groups in total. The topological polar surface area (TPSA) is 213 Å². The highest BCUT2D eigenvalue weighted by Crippen LogP contribution is 2.19. The van der Waals surface area contributed by atoms with E-state index in [1.807, 2.05) is 6.08 Å². The van der Waals surface area contributed by atoms with Crippen LogP contribution < -0.4 is 21.9 Å². The number of nitrogens with one attached hydrogen (secondary N) is 3. The van der Waals surface area contributed by atoms with Gasteiger partial charge in [0.2, 0.25) is 11.9 Å². The van der Waals surface area contributed by atoms with Crippen LogP contribution in [0.4, 0.5) is 5.95 Å². The van der Waals surface area contributed by atoms with Crippen LogP contribution in [0.25, 0.3) is 11.2 Å². The van der Waals surface area contributed by atoms with Crippen LogP contribution in [0.3, 0.4) is 0 Å². The van der Waals surface area contributed by atoms with Gasteiger partial charge in [0.15, 0.2) is 11.2 Å². The van der Waals surface area contributed by atoms with Crippen LogP contribution in [-0.2, 0) is 20.9 Å². The summed E-state index contributed by atoms with van der Waals surface area (Å²) in [6.07, 6.45) is 5.89. The van der Waals surface area contributed by atoms with E-state index in [2.05, 4.69) is 30.6 Å². The molecule has 13 heteroatoms. The lowest BCUT2D eigenvalue weighted by atomic mass is 9.91. The zero-order chi connectivity index (χ0) is 24.1. The highest BCUT2D eigenvalue weighted by molar-refractivity contribution is 5.86. The zero-order valence-corrected chi connectivity index (χ0v) is 17.8. The van der Waals surface area contributed by atoms with Crippen LogP contribution in [0.2, 0.25) is 0 Å². The minimum Gasteiger partial charge on any atom is -0.481 e. The van der Waals surface area contributed by atoms with E-state index in [9.17, 15) is 24.3 Å². The Kier molecular flexibility index (Phi) is 7.33. The number of nitrogens with two attached hydrogens (primary N) is 1. The number of carbonyl (C=O) groups excluding carboxylic acids is 1. The molecule has 13 nitrogen and oxygen atoms in total. The van der Waals surface area contributed by atoms with Gasteiger partial charge in [-0.3, -0.25) is 19.4 Å². The van der Waals surface area contributed by atoms with Gasteiger partial charge in [-0.15, -0.1) is 0 Å². The van der Waals surface area contributed by atoms with Crippen molar-refractivity contribution in [1.29, 1.82) is 0 Å². The summed E-state index contributed by atoms with van der Waals surface area (Å²) in [5.74, 6) is -4.30. The predicted octanol–water partition coefficient (Wildman–Crippen LogP) is -0.600. The van der Waals surface area contributed by atoms with E-state index in [-0.39, 0.29) is 29.6 Å². The number of carboxylic acid groups (broad SMARTS) is 2. The van der Waals surface area contributed by atoms with Gasteiger partial charge < -0.3 is 26.6 Å². The summed E-state index contributed by atoms with van der Waals surface area (Å²) < 4.78 is 0. The van der Waals surface area contributed by atoms with Gasteiger partial charge in [-0.25, -0.2) is 14.8 Å². The second-order valence-electron chi connectivity index (χ2n) is 7.92. The van der Waals surface area contributed by atoms with Crippen molar-refractivity contribution in [3.63, 3.8) is 0 Å². The van der Waals surface area contributed by atoms with E-state index in [1.54, 1.807) is 6.08 Å². The van der Waals surface area contributed by atoms with E-state index in [0.29, 0.717) is 25.1 Å². The molecule has 0 aromatic carbocycles. The average molecular weight is 459 g/mol. The first-order valence-electron chi connectivity index (χ1n) is 10.3. The molecule has 0 bridgehead atoms. The number of nitrogens with zero attached hydrogens (tertiary/aromatic N) is 3. The fourth-order valence-electron chi connectivity index (χ4n) is 3.45. The third-order valence-electron chi connectivity index (χ3n) is 5.36. The molecule has 0 fully saturated rings. The van der Waals surface area contributed by atoms with Gasteiger partial charge in [0.25, 0.3) is 5.56 Å². The molecule has 2 aromatic rings. The maximum absolute atomic E-state index is 12.5. The van der Waals surface area contributed by atoms with E-state index in [4.69, 9.17) is 10.8 Å². The summed E-state index contributed by atoms with van der Waals surface area (Å²) >= 11 is 0. The van der Waals surface area contributed by atoms with Crippen LogP contribution in [0.1, 0.15) is 31.9 Å². The number of carbonyl (C=O) groups is 3. The van der Waals surface area contributed by atoms with Crippen LogP contribution >= 0.6 is 0 Å². The number of aromatic amines is 1. The summed E-state index contributed by atoms with van der Waals surface area (Å²) in [5, 5.41) is 24.0. The molecule has 2 heterocycles. The fraction of sp³-hybridized carbons (Fsp3) is 0.450. The lowest BCUT2D eigenvalue weighted by Gasteiger charge is -2.25. The van der Waals surface area contributed by atoms with Crippen molar-refractivity contribution in [2.24, 2.45) is 11.8 Å². The number of aliphatic carboxylic acids is 2. The van der Waals surface area contributed by atoms with E-state index in [0.717, 1.165) is 0 Å². The third-order valence-corrected chi connectivity index (χ3v) is 5.36. The van der Waals surface area contributed by atoms with Crippen LogP contribution in [0, 0.1) is 11.8 Å². The molecular weight excluding hydrogens is 434 g/mol. The molecule has 0 saturated carbocycles. The summed E-state index contributed by atoms with van der Waals surface area (Å²) in [6.45, 7) is 1.72. The Labute approximate surface area is 187 Å². The number of hydrogen-bond donors (Lipinski definition) is 6. The van der Waals surface area contributed by atoms with Crippen molar-refractivity contribution in [2.45, 2.75) is 44.8 Å². The molecule has 0 aliphatic heterocycles.